The Morgan fingerprint density at radius 1 is 1.36 bits per heavy atom. The van der Waals surface area contributed by atoms with Crippen LogP contribution in [-0.2, 0) is 16.0 Å². The van der Waals surface area contributed by atoms with E-state index < -0.39 is 11.9 Å². The SMILES string of the molecule is CCOC(=O)c1c(C)nc2cccc(Cl)c2c1CCC(=O)O. The smallest absolute Gasteiger partial charge is 0.340 e. The van der Waals surface area contributed by atoms with Gasteiger partial charge in [0, 0.05) is 11.8 Å². The monoisotopic (exact) mass is 321 g/mol. The van der Waals surface area contributed by atoms with E-state index in [-0.39, 0.29) is 19.4 Å². The third-order valence-corrected chi connectivity index (χ3v) is 3.63. The second-order valence-corrected chi connectivity index (χ2v) is 5.21. The van der Waals surface area contributed by atoms with Gasteiger partial charge in [0.25, 0.3) is 0 Å². The average Bonchev–Trinajstić information content (AvgIpc) is 2.44. The Kier molecular flexibility index (Phi) is 4.98. The van der Waals surface area contributed by atoms with Crippen molar-refractivity contribution in [2.75, 3.05) is 6.61 Å². The maximum atomic E-state index is 12.2. The molecule has 2 aromatic rings. The van der Waals surface area contributed by atoms with Gasteiger partial charge in [0.05, 0.1) is 28.4 Å². The first kappa shape index (κ1) is 16.2. The molecular formula is C16H16ClNO4. The van der Waals surface area contributed by atoms with E-state index in [1.54, 1.807) is 32.0 Å². The van der Waals surface area contributed by atoms with Crippen LogP contribution in [0.15, 0.2) is 18.2 Å². The first-order valence-corrected chi connectivity index (χ1v) is 7.30. The molecule has 5 nitrogen and oxygen atoms in total. The van der Waals surface area contributed by atoms with E-state index in [9.17, 15) is 9.59 Å². The van der Waals surface area contributed by atoms with Crippen LogP contribution >= 0.6 is 11.6 Å². The molecule has 116 valence electrons. The minimum Gasteiger partial charge on any atom is -0.481 e. The third-order valence-electron chi connectivity index (χ3n) is 3.31. The minimum atomic E-state index is -0.940. The average molecular weight is 322 g/mol. The zero-order valence-electron chi connectivity index (χ0n) is 12.4. The van der Waals surface area contributed by atoms with Crippen LogP contribution in [0, 0.1) is 6.92 Å². The van der Waals surface area contributed by atoms with E-state index in [1.165, 1.54) is 0 Å². The van der Waals surface area contributed by atoms with E-state index >= 15 is 0 Å². The molecular weight excluding hydrogens is 306 g/mol. The Morgan fingerprint density at radius 2 is 2.09 bits per heavy atom. The van der Waals surface area contributed by atoms with Crippen LogP contribution in [0.2, 0.25) is 5.02 Å². The zero-order chi connectivity index (χ0) is 16.3. The number of fused-ring (bicyclic) bond motifs is 1. The highest BCUT2D eigenvalue weighted by molar-refractivity contribution is 6.35. The summed E-state index contributed by atoms with van der Waals surface area (Å²) in [6, 6.07) is 5.25. The lowest BCUT2D eigenvalue weighted by Gasteiger charge is -2.15. The largest absolute Gasteiger partial charge is 0.481 e. The van der Waals surface area contributed by atoms with E-state index in [0.717, 1.165) is 0 Å². The molecule has 0 aliphatic carbocycles. The normalized spacial score (nSPS) is 10.7. The number of hydrogen-bond donors (Lipinski definition) is 1. The van der Waals surface area contributed by atoms with Crippen molar-refractivity contribution in [1.29, 1.82) is 0 Å². The molecule has 0 unspecified atom stereocenters. The maximum absolute atomic E-state index is 12.2. The fourth-order valence-electron chi connectivity index (χ4n) is 2.44. The number of benzene rings is 1. The molecule has 22 heavy (non-hydrogen) atoms. The van der Waals surface area contributed by atoms with E-state index in [2.05, 4.69) is 4.98 Å². The number of nitrogens with zero attached hydrogens (tertiary/aromatic N) is 1. The summed E-state index contributed by atoms with van der Waals surface area (Å²) in [6.45, 7) is 3.65. The van der Waals surface area contributed by atoms with Crippen molar-refractivity contribution in [2.24, 2.45) is 0 Å². The van der Waals surface area contributed by atoms with Gasteiger partial charge in [-0.1, -0.05) is 17.7 Å². The number of halogens is 1. The van der Waals surface area contributed by atoms with Crippen LogP contribution in [0.4, 0.5) is 0 Å². The van der Waals surface area contributed by atoms with Gasteiger partial charge in [-0.15, -0.1) is 0 Å². The number of pyridine rings is 1. The number of carboxylic acid groups (broad SMARTS) is 1. The molecule has 1 heterocycles. The lowest BCUT2D eigenvalue weighted by Crippen LogP contribution is -2.13. The van der Waals surface area contributed by atoms with Crippen LogP contribution < -0.4 is 0 Å². The summed E-state index contributed by atoms with van der Waals surface area (Å²) in [5.41, 5.74) is 2.03. The van der Waals surface area contributed by atoms with Gasteiger partial charge in [-0.3, -0.25) is 9.78 Å². The number of aryl methyl sites for hydroxylation is 2. The molecule has 0 aliphatic rings. The number of carboxylic acids is 1. The summed E-state index contributed by atoms with van der Waals surface area (Å²) in [5, 5.41) is 10.0. The molecule has 1 aromatic carbocycles. The van der Waals surface area contributed by atoms with Crippen molar-refractivity contribution >= 4 is 34.4 Å². The van der Waals surface area contributed by atoms with Crippen molar-refractivity contribution in [3.63, 3.8) is 0 Å². The highest BCUT2D eigenvalue weighted by Crippen LogP contribution is 2.31. The second-order valence-electron chi connectivity index (χ2n) is 4.80. The summed E-state index contributed by atoms with van der Waals surface area (Å²) in [4.78, 5) is 27.5. The lowest BCUT2D eigenvalue weighted by molar-refractivity contribution is -0.136. The van der Waals surface area contributed by atoms with Crippen molar-refractivity contribution in [2.45, 2.75) is 26.7 Å². The molecule has 0 saturated heterocycles. The number of aliphatic carboxylic acids is 1. The van der Waals surface area contributed by atoms with Gasteiger partial charge in [0.1, 0.15) is 0 Å². The van der Waals surface area contributed by atoms with Crippen molar-refractivity contribution in [1.82, 2.24) is 4.98 Å². The molecule has 0 atom stereocenters. The summed E-state index contributed by atoms with van der Waals surface area (Å²) >= 11 is 6.24. The molecule has 0 radical (unpaired) electrons. The summed E-state index contributed by atoms with van der Waals surface area (Å²) in [5.74, 6) is -1.45. The highest BCUT2D eigenvalue weighted by Gasteiger charge is 2.21. The predicted octanol–water partition coefficient (Wildman–Crippen LogP) is 3.39. The van der Waals surface area contributed by atoms with Crippen LogP contribution in [0.1, 0.15) is 35.0 Å². The maximum Gasteiger partial charge on any atom is 0.340 e. The highest BCUT2D eigenvalue weighted by atomic mass is 35.5. The molecule has 0 amide bonds. The van der Waals surface area contributed by atoms with Crippen LogP contribution in [0.25, 0.3) is 10.9 Å². The molecule has 0 spiro atoms. The number of carbonyl (C=O) groups excluding carboxylic acids is 1. The third kappa shape index (κ3) is 3.20. The Bertz CT molecular complexity index is 742. The van der Waals surface area contributed by atoms with Crippen LogP contribution in [-0.4, -0.2) is 28.6 Å². The van der Waals surface area contributed by atoms with Gasteiger partial charge in [-0.25, -0.2) is 4.79 Å². The van der Waals surface area contributed by atoms with E-state index in [0.29, 0.717) is 32.7 Å². The van der Waals surface area contributed by atoms with E-state index in [1.807, 2.05) is 0 Å². The Morgan fingerprint density at radius 3 is 2.73 bits per heavy atom. The molecule has 2 rings (SSSR count). The fourth-order valence-corrected chi connectivity index (χ4v) is 2.72. The van der Waals surface area contributed by atoms with Gasteiger partial charge in [-0.2, -0.15) is 0 Å². The number of ether oxygens (including phenoxy) is 1. The number of aromatic nitrogens is 1. The number of esters is 1. The molecule has 6 heteroatoms. The zero-order valence-corrected chi connectivity index (χ0v) is 13.1. The fraction of sp³-hybridized carbons (Fsp3) is 0.312. The Hall–Kier alpha value is -2.14. The molecule has 1 aromatic heterocycles. The second kappa shape index (κ2) is 6.75. The molecule has 0 bridgehead atoms. The van der Waals surface area contributed by atoms with Gasteiger partial charge in [0.15, 0.2) is 0 Å². The van der Waals surface area contributed by atoms with Crippen LogP contribution in [0.3, 0.4) is 0 Å². The Balaban J connectivity index is 2.72. The van der Waals surface area contributed by atoms with Gasteiger partial charge < -0.3 is 9.84 Å². The van der Waals surface area contributed by atoms with Crippen LogP contribution in [0.5, 0.6) is 0 Å². The molecule has 0 aliphatic heterocycles. The summed E-state index contributed by atoms with van der Waals surface area (Å²) < 4.78 is 5.08. The first-order valence-electron chi connectivity index (χ1n) is 6.92. The molecule has 0 fully saturated rings. The summed E-state index contributed by atoms with van der Waals surface area (Å²) in [7, 11) is 0. The lowest BCUT2D eigenvalue weighted by atomic mass is 9.96. The number of rotatable bonds is 5. The Labute approximate surface area is 132 Å². The number of hydrogen-bond acceptors (Lipinski definition) is 4. The topological polar surface area (TPSA) is 76.5 Å². The van der Waals surface area contributed by atoms with Crippen molar-refractivity contribution < 1.29 is 19.4 Å². The van der Waals surface area contributed by atoms with Gasteiger partial charge in [0.2, 0.25) is 0 Å². The van der Waals surface area contributed by atoms with Gasteiger partial charge >= 0.3 is 11.9 Å². The predicted molar refractivity (Wildman–Crippen MR) is 83.4 cm³/mol. The summed E-state index contributed by atoms with van der Waals surface area (Å²) in [6.07, 6.45) is 0.0866. The van der Waals surface area contributed by atoms with Crippen molar-refractivity contribution in [3.8, 4) is 0 Å². The molecule has 1 N–H and O–H groups in total. The minimum absolute atomic E-state index is 0.101. The quantitative estimate of drug-likeness (QED) is 0.854. The number of carbonyl (C=O) groups is 2. The molecule has 0 saturated carbocycles. The van der Waals surface area contributed by atoms with Crippen molar-refractivity contribution in [3.05, 3.63) is 40.0 Å². The van der Waals surface area contributed by atoms with E-state index in [4.69, 9.17) is 21.4 Å². The first-order chi connectivity index (χ1) is 10.5. The standard InChI is InChI=1S/C16H16ClNO4/c1-3-22-16(21)14-9(2)18-12-6-4-5-11(17)15(12)10(14)7-8-13(19)20/h4-6H,3,7-8H2,1-2H3,(H,19,20). The van der Waals surface area contributed by atoms with Gasteiger partial charge in [-0.05, 0) is 38.0 Å².